The number of esters is 3. The molecule has 234 valence electrons. The largest absolute Gasteiger partial charge is 0.462 e. The Morgan fingerprint density at radius 2 is 1.60 bits per heavy atom. The lowest BCUT2D eigenvalue weighted by Gasteiger charge is -2.09. The molecule has 1 heterocycles. The van der Waals surface area contributed by atoms with Gasteiger partial charge in [-0.05, 0) is 78.7 Å². The van der Waals surface area contributed by atoms with Gasteiger partial charge in [0.1, 0.15) is 0 Å². The monoisotopic (exact) mass is 713 g/mol. The van der Waals surface area contributed by atoms with E-state index in [1.807, 2.05) is 24.3 Å². The molecule has 4 rings (SSSR count). The zero-order chi connectivity index (χ0) is 32.6. The van der Waals surface area contributed by atoms with Gasteiger partial charge >= 0.3 is 17.9 Å². The quantitative estimate of drug-likeness (QED) is 0.0587. The van der Waals surface area contributed by atoms with E-state index in [0.717, 1.165) is 16.4 Å². The van der Waals surface area contributed by atoms with E-state index in [4.69, 9.17) is 14.2 Å². The number of thioether (sulfide) groups is 1. The molecule has 1 aromatic heterocycles. The molecule has 45 heavy (non-hydrogen) atoms. The van der Waals surface area contributed by atoms with Gasteiger partial charge in [-0.15, -0.1) is 5.10 Å². The maximum Gasteiger partial charge on any atom is 0.330 e. The number of sulfone groups is 1. The van der Waals surface area contributed by atoms with E-state index in [1.165, 1.54) is 62.0 Å². The van der Waals surface area contributed by atoms with Crippen molar-refractivity contribution < 1.29 is 37.0 Å². The third kappa shape index (κ3) is 9.86. The van der Waals surface area contributed by atoms with Crippen LogP contribution in [0, 0.1) is 0 Å². The fourth-order valence-electron chi connectivity index (χ4n) is 3.86. The average molecular weight is 715 g/mol. The van der Waals surface area contributed by atoms with E-state index in [9.17, 15) is 22.8 Å². The molecule has 0 N–H and O–H groups in total. The minimum Gasteiger partial charge on any atom is -0.462 e. The fourth-order valence-corrected chi connectivity index (χ4v) is 5.49. The lowest BCUT2D eigenvalue weighted by molar-refractivity contribution is -0.137. The van der Waals surface area contributed by atoms with E-state index in [0.29, 0.717) is 34.3 Å². The maximum atomic E-state index is 12.3. The van der Waals surface area contributed by atoms with Crippen LogP contribution in [0.15, 0.2) is 87.3 Å². The Bertz CT molecular complexity index is 1840. The predicted octanol–water partition coefficient (Wildman–Crippen LogP) is 5.69. The molecule has 11 nitrogen and oxygen atoms in total. The number of carbonyl (C=O) groups excluding carboxylic acids is 3. The average Bonchev–Trinajstić information content (AvgIpc) is 3.40. The smallest absolute Gasteiger partial charge is 0.330 e. The molecule has 0 aliphatic carbocycles. The Balaban J connectivity index is 1.36. The van der Waals surface area contributed by atoms with Crippen molar-refractivity contribution in [2.45, 2.75) is 30.3 Å². The summed E-state index contributed by atoms with van der Waals surface area (Å²) in [6, 6.07) is 18.6. The second kappa shape index (κ2) is 15.1. The topological polar surface area (TPSA) is 144 Å². The first kappa shape index (κ1) is 33.6. The van der Waals surface area contributed by atoms with Crippen LogP contribution in [0.5, 0.6) is 11.5 Å². The van der Waals surface area contributed by atoms with Gasteiger partial charge in [0.2, 0.25) is 5.16 Å². The zero-order valence-electron chi connectivity index (χ0n) is 24.4. The molecule has 14 heteroatoms. The number of hydrogen-bond acceptors (Lipinski definition) is 11. The molecule has 0 radical (unpaired) electrons. The van der Waals surface area contributed by atoms with E-state index in [-0.39, 0.29) is 23.0 Å². The van der Waals surface area contributed by atoms with E-state index in [1.54, 1.807) is 22.9 Å². The maximum absolute atomic E-state index is 12.3. The van der Waals surface area contributed by atoms with Crippen molar-refractivity contribution in [3.63, 3.8) is 0 Å². The van der Waals surface area contributed by atoms with Gasteiger partial charge < -0.3 is 14.2 Å². The van der Waals surface area contributed by atoms with Crippen LogP contribution in [0.3, 0.4) is 0 Å². The molecule has 0 fully saturated rings. The van der Waals surface area contributed by atoms with Crippen LogP contribution in [-0.2, 0) is 29.0 Å². The van der Waals surface area contributed by atoms with Gasteiger partial charge in [-0.25, -0.2) is 22.9 Å². The zero-order valence-corrected chi connectivity index (χ0v) is 27.6. The molecule has 0 spiro atoms. The molecule has 0 atom stereocenters. The highest BCUT2D eigenvalue weighted by Crippen LogP contribution is 2.30. The van der Waals surface area contributed by atoms with Crippen molar-refractivity contribution >= 4 is 61.5 Å². The van der Waals surface area contributed by atoms with Gasteiger partial charge in [-0.1, -0.05) is 33.8 Å². The predicted molar refractivity (Wildman–Crippen MR) is 172 cm³/mol. The summed E-state index contributed by atoms with van der Waals surface area (Å²) in [5.41, 5.74) is 2.01. The number of rotatable bonds is 12. The second-order valence-electron chi connectivity index (χ2n) is 9.50. The molecule has 0 unspecified atom stereocenters. The molecule has 4 aromatic rings. The summed E-state index contributed by atoms with van der Waals surface area (Å²) in [7, 11) is -3.34. The normalized spacial score (nSPS) is 11.4. The molecule has 3 aromatic carbocycles. The molecule has 0 aliphatic rings. The molecular weight excluding hydrogens is 686 g/mol. The van der Waals surface area contributed by atoms with Gasteiger partial charge in [-0.3, -0.25) is 9.59 Å². The Kier molecular flexibility index (Phi) is 11.3. The number of hydrogen-bond donors (Lipinski definition) is 0. The van der Waals surface area contributed by atoms with Crippen molar-refractivity contribution in [2.75, 3.05) is 18.6 Å². The van der Waals surface area contributed by atoms with Crippen LogP contribution in [0.4, 0.5) is 0 Å². The Morgan fingerprint density at radius 1 is 0.933 bits per heavy atom. The van der Waals surface area contributed by atoms with Gasteiger partial charge in [0.05, 0.1) is 17.2 Å². The minimum absolute atomic E-state index is 0.0514. The van der Waals surface area contributed by atoms with Crippen LogP contribution in [-0.4, -0.2) is 59.7 Å². The van der Waals surface area contributed by atoms with Crippen LogP contribution >= 0.6 is 27.7 Å². The summed E-state index contributed by atoms with van der Waals surface area (Å²) in [6.07, 6.45) is 4.42. The summed E-state index contributed by atoms with van der Waals surface area (Å²) in [5.74, 6) is -0.458. The first-order chi connectivity index (χ1) is 21.4. The first-order valence-electron chi connectivity index (χ1n) is 13.4. The van der Waals surface area contributed by atoms with Gasteiger partial charge in [0, 0.05) is 42.0 Å². The number of halogens is 1. The van der Waals surface area contributed by atoms with Crippen LogP contribution in [0.2, 0.25) is 0 Å². The second-order valence-corrected chi connectivity index (χ2v) is 13.5. The highest BCUT2D eigenvalue weighted by Gasteiger charge is 2.16. The highest BCUT2D eigenvalue weighted by atomic mass is 79.9. The van der Waals surface area contributed by atoms with E-state index < -0.39 is 27.7 Å². The van der Waals surface area contributed by atoms with Crippen molar-refractivity contribution in [1.82, 2.24) is 14.8 Å². The van der Waals surface area contributed by atoms with E-state index >= 15 is 0 Å². The number of nitrogens with zero attached hydrogens (tertiary/aromatic N) is 3. The van der Waals surface area contributed by atoms with E-state index in [2.05, 4.69) is 26.0 Å². The van der Waals surface area contributed by atoms with Gasteiger partial charge in [0.15, 0.2) is 27.2 Å². The lowest BCUT2D eigenvalue weighted by atomic mass is 10.2. The molecule has 0 saturated heterocycles. The molecular formula is C31H28BrN3O8S2. The van der Waals surface area contributed by atoms with Crippen LogP contribution in [0.25, 0.3) is 23.2 Å². The number of carbonyl (C=O) groups is 3. The summed E-state index contributed by atoms with van der Waals surface area (Å²) in [5, 5.41) is 5.16. The Morgan fingerprint density at radius 3 is 2.24 bits per heavy atom. The van der Waals surface area contributed by atoms with Crippen molar-refractivity contribution in [3.8, 4) is 28.6 Å². The molecule has 0 aliphatic heterocycles. The lowest BCUT2D eigenvalue weighted by Crippen LogP contribution is -2.07. The fraction of sp³-hybridized carbons (Fsp3) is 0.194. The molecule has 0 bridgehead atoms. The van der Waals surface area contributed by atoms with Gasteiger partial charge in [-0.2, -0.15) is 0 Å². The van der Waals surface area contributed by atoms with Crippen molar-refractivity contribution in [1.29, 1.82) is 0 Å². The van der Waals surface area contributed by atoms with Crippen molar-refractivity contribution in [3.05, 3.63) is 82.8 Å². The summed E-state index contributed by atoms with van der Waals surface area (Å²) in [6.45, 7) is 2.61. The van der Waals surface area contributed by atoms with Gasteiger partial charge in [0.25, 0.3) is 0 Å². The summed E-state index contributed by atoms with van der Waals surface area (Å²) in [4.78, 5) is 39.9. The first-order valence-corrected chi connectivity index (χ1v) is 17.1. The highest BCUT2D eigenvalue weighted by molar-refractivity contribution is 9.10. The summed E-state index contributed by atoms with van der Waals surface area (Å²) >= 11 is 4.83. The molecule has 0 amide bonds. The standard InChI is InChI=1S/C31H28BrN3O8S2/c1-20(36)42-27-15-5-22(19-28(27)43-21(2)37)6-16-29(38)41-17-4-18-44-31-33-30(23-7-13-26(14-8-23)45(3,39)40)35(34-31)25-11-9-24(32)10-12-25/h5-16,19H,4,17-18H2,1-3H3/b16-6+. The summed E-state index contributed by atoms with van der Waals surface area (Å²) < 4.78 is 41.8. The number of aromatic nitrogens is 3. The molecule has 0 saturated carbocycles. The SMILES string of the molecule is CC(=O)Oc1ccc(/C=C/C(=O)OCCCSc2nc(-c3ccc(S(C)(=O)=O)cc3)n(-c3ccc(Br)cc3)n2)cc1OC(C)=O. The van der Waals surface area contributed by atoms with Crippen LogP contribution in [0.1, 0.15) is 25.8 Å². The third-order valence-corrected chi connectivity index (χ3v) is 8.43. The minimum atomic E-state index is -3.34. The third-order valence-electron chi connectivity index (χ3n) is 5.85. The van der Waals surface area contributed by atoms with Crippen LogP contribution < -0.4 is 9.47 Å². The van der Waals surface area contributed by atoms with Crippen molar-refractivity contribution in [2.24, 2.45) is 0 Å². The Hall–Kier alpha value is -4.27. The number of ether oxygens (including phenoxy) is 3. The number of benzene rings is 3. The Labute approximate surface area is 272 Å².